The smallest absolute Gasteiger partial charge is 0.376 e. The molecule has 4 nitrogen and oxygen atoms in total. The molecule has 6 heteroatoms. The molecule has 0 aliphatic rings. The van der Waals surface area contributed by atoms with E-state index in [1.54, 1.807) is 0 Å². The lowest BCUT2D eigenvalue weighted by Crippen LogP contribution is -2.07. The first kappa shape index (κ1) is 9.41. The molecule has 0 bridgehead atoms. The summed E-state index contributed by atoms with van der Waals surface area (Å²) < 4.78 is 4.93. The molecule has 64 valence electrons. The fourth-order valence-corrected chi connectivity index (χ4v) is 0.856. The van der Waals surface area contributed by atoms with Crippen molar-refractivity contribution in [1.29, 1.82) is 0 Å². The van der Waals surface area contributed by atoms with E-state index in [0.29, 0.717) is 4.47 Å². The maximum Gasteiger partial charge on any atom is 0.376 e. The number of hydrogen-bond donors (Lipinski definition) is 0. The summed E-state index contributed by atoms with van der Waals surface area (Å²) in [5.41, 5.74) is 0. The minimum absolute atomic E-state index is 0.0503. The number of nitrogens with zero attached hydrogens (tertiary/aromatic N) is 2. The second kappa shape index (κ2) is 3.82. The summed E-state index contributed by atoms with van der Waals surface area (Å²) >= 11 is 8.70. The lowest BCUT2D eigenvalue weighted by atomic mass is 10.5. The van der Waals surface area contributed by atoms with Crippen LogP contribution in [0, 0.1) is 0 Å². The molecule has 1 rings (SSSR count). The monoisotopic (exact) mass is 250 g/mol. The molecule has 0 saturated heterocycles. The molecule has 0 unspecified atom stereocenters. The zero-order valence-corrected chi connectivity index (χ0v) is 8.39. The van der Waals surface area contributed by atoms with Crippen molar-refractivity contribution in [1.82, 2.24) is 9.97 Å². The highest BCUT2D eigenvalue weighted by atomic mass is 79.9. The van der Waals surface area contributed by atoms with E-state index >= 15 is 0 Å². The van der Waals surface area contributed by atoms with E-state index in [2.05, 4.69) is 30.6 Å². The lowest BCUT2D eigenvalue weighted by molar-refractivity contribution is 0.0586. The van der Waals surface area contributed by atoms with Gasteiger partial charge in [-0.15, -0.1) is 0 Å². The minimum Gasteiger partial charge on any atom is -0.463 e. The first-order valence-electron chi connectivity index (χ1n) is 2.91. The zero-order chi connectivity index (χ0) is 9.14. The molecular formula is C6H4BrClN2O2. The van der Waals surface area contributed by atoms with Gasteiger partial charge in [-0.3, -0.25) is 0 Å². The zero-order valence-electron chi connectivity index (χ0n) is 6.04. The summed E-state index contributed by atoms with van der Waals surface area (Å²) in [6.45, 7) is 0. The predicted octanol–water partition coefficient (Wildman–Crippen LogP) is 1.68. The van der Waals surface area contributed by atoms with Crippen molar-refractivity contribution in [2.75, 3.05) is 7.11 Å². The molecular weight excluding hydrogens is 247 g/mol. The molecule has 0 aliphatic heterocycles. The van der Waals surface area contributed by atoms with Crippen LogP contribution in [0.5, 0.6) is 0 Å². The molecule has 1 heterocycles. The molecule has 0 fully saturated rings. The maximum atomic E-state index is 10.9. The van der Waals surface area contributed by atoms with Gasteiger partial charge in [0.25, 0.3) is 0 Å². The second-order valence-corrected chi connectivity index (χ2v) is 3.04. The predicted molar refractivity (Wildman–Crippen MR) is 46.1 cm³/mol. The van der Waals surface area contributed by atoms with Crippen LogP contribution in [0.25, 0.3) is 0 Å². The number of halogens is 2. The molecule has 0 aromatic carbocycles. The Bertz CT molecular complexity index is 318. The van der Waals surface area contributed by atoms with Gasteiger partial charge in [0.05, 0.1) is 11.6 Å². The fourth-order valence-electron chi connectivity index (χ4n) is 0.536. The number of carbonyl (C=O) groups is 1. The van der Waals surface area contributed by atoms with Crippen LogP contribution in [-0.2, 0) is 4.74 Å². The van der Waals surface area contributed by atoms with E-state index in [4.69, 9.17) is 11.6 Å². The first-order chi connectivity index (χ1) is 5.65. The Morgan fingerprint density at radius 3 is 2.92 bits per heavy atom. The van der Waals surface area contributed by atoms with Gasteiger partial charge in [0.15, 0.2) is 0 Å². The third-order valence-electron chi connectivity index (χ3n) is 1.07. The van der Waals surface area contributed by atoms with Gasteiger partial charge in [0, 0.05) is 6.20 Å². The van der Waals surface area contributed by atoms with Crippen LogP contribution >= 0.6 is 27.5 Å². The van der Waals surface area contributed by atoms with Gasteiger partial charge in [-0.1, -0.05) is 11.6 Å². The largest absolute Gasteiger partial charge is 0.463 e. The van der Waals surface area contributed by atoms with E-state index in [-0.39, 0.29) is 11.0 Å². The summed E-state index contributed by atoms with van der Waals surface area (Å²) in [6.07, 6.45) is 1.39. The van der Waals surface area contributed by atoms with Gasteiger partial charge >= 0.3 is 5.97 Å². The Morgan fingerprint density at radius 1 is 1.75 bits per heavy atom. The molecule has 0 spiro atoms. The van der Waals surface area contributed by atoms with E-state index in [1.165, 1.54) is 13.3 Å². The van der Waals surface area contributed by atoms with Gasteiger partial charge in [-0.25, -0.2) is 14.8 Å². The van der Waals surface area contributed by atoms with Crippen molar-refractivity contribution in [3.63, 3.8) is 0 Å². The lowest BCUT2D eigenvalue weighted by Gasteiger charge is -1.98. The first-order valence-corrected chi connectivity index (χ1v) is 4.08. The van der Waals surface area contributed by atoms with Crippen molar-refractivity contribution in [3.05, 3.63) is 21.6 Å². The van der Waals surface area contributed by atoms with Crippen molar-refractivity contribution in [3.8, 4) is 0 Å². The highest BCUT2D eigenvalue weighted by Crippen LogP contribution is 2.17. The number of rotatable bonds is 1. The van der Waals surface area contributed by atoms with Crippen LogP contribution in [0.2, 0.25) is 5.15 Å². The van der Waals surface area contributed by atoms with Crippen LogP contribution in [0.15, 0.2) is 10.7 Å². The van der Waals surface area contributed by atoms with E-state index < -0.39 is 5.97 Å². The highest BCUT2D eigenvalue weighted by molar-refractivity contribution is 9.10. The summed E-state index contributed by atoms with van der Waals surface area (Å²) in [5, 5.41) is 0.186. The fraction of sp³-hybridized carbons (Fsp3) is 0.167. The van der Waals surface area contributed by atoms with Gasteiger partial charge in [-0.2, -0.15) is 0 Å². The average Bonchev–Trinajstić information content (AvgIpc) is 2.08. The van der Waals surface area contributed by atoms with Gasteiger partial charge in [-0.05, 0) is 15.9 Å². The Kier molecular flexibility index (Phi) is 2.99. The van der Waals surface area contributed by atoms with Gasteiger partial charge in [0.1, 0.15) is 5.15 Å². The molecule has 12 heavy (non-hydrogen) atoms. The normalized spacial score (nSPS) is 9.58. The van der Waals surface area contributed by atoms with Crippen LogP contribution < -0.4 is 0 Å². The number of ether oxygens (including phenoxy) is 1. The topological polar surface area (TPSA) is 52.1 Å². The Morgan fingerprint density at radius 2 is 2.42 bits per heavy atom. The summed E-state index contributed by atoms with van der Waals surface area (Å²) in [4.78, 5) is 18.2. The maximum absolute atomic E-state index is 10.9. The van der Waals surface area contributed by atoms with E-state index in [0.717, 1.165) is 0 Å². The Balaban J connectivity index is 3.05. The molecule has 0 amide bonds. The van der Waals surface area contributed by atoms with E-state index in [1.807, 2.05) is 0 Å². The minimum atomic E-state index is -0.607. The number of carbonyl (C=O) groups excluding carboxylic acids is 1. The summed E-state index contributed by atoms with van der Waals surface area (Å²) in [7, 11) is 1.25. The third-order valence-corrected chi connectivity index (χ3v) is 2.17. The number of methoxy groups -OCH3 is 1. The molecule has 0 N–H and O–H groups in total. The quantitative estimate of drug-likeness (QED) is 0.563. The SMILES string of the molecule is COC(=O)c1ncc(Br)c(Cl)n1. The molecule has 1 aromatic heterocycles. The van der Waals surface area contributed by atoms with Gasteiger partial charge < -0.3 is 4.74 Å². The number of hydrogen-bond acceptors (Lipinski definition) is 4. The number of esters is 1. The van der Waals surface area contributed by atoms with Crippen molar-refractivity contribution >= 4 is 33.5 Å². The molecule has 0 atom stereocenters. The highest BCUT2D eigenvalue weighted by Gasteiger charge is 2.10. The number of aromatic nitrogens is 2. The standard InChI is InChI=1S/C6H4BrClN2O2/c1-12-6(11)5-9-2-3(7)4(8)10-5/h2H,1H3. The van der Waals surface area contributed by atoms with Crippen molar-refractivity contribution in [2.24, 2.45) is 0 Å². The summed E-state index contributed by atoms with van der Waals surface area (Å²) in [6, 6.07) is 0. The van der Waals surface area contributed by atoms with E-state index in [9.17, 15) is 4.79 Å². The van der Waals surface area contributed by atoms with Crippen LogP contribution in [0.3, 0.4) is 0 Å². The third kappa shape index (κ3) is 1.92. The Labute approximate surface area is 82.0 Å². The van der Waals surface area contributed by atoms with Crippen molar-refractivity contribution < 1.29 is 9.53 Å². The molecule has 0 aliphatic carbocycles. The molecule has 0 radical (unpaired) electrons. The Hall–Kier alpha value is -0.680. The van der Waals surface area contributed by atoms with Crippen LogP contribution in [0.4, 0.5) is 0 Å². The second-order valence-electron chi connectivity index (χ2n) is 1.82. The molecule has 1 aromatic rings. The van der Waals surface area contributed by atoms with Crippen LogP contribution in [0.1, 0.15) is 10.6 Å². The molecule has 0 saturated carbocycles. The summed E-state index contributed by atoms with van der Waals surface area (Å²) in [5.74, 6) is -0.657. The van der Waals surface area contributed by atoms with Crippen LogP contribution in [-0.4, -0.2) is 23.0 Å². The van der Waals surface area contributed by atoms with Gasteiger partial charge in [0.2, 0.25) is 5.82 Å². The van der Waals surface area contributed by atoms with Crippen molar-refractivity contribution in [2.45, 2.75) is 0 Å². The average molecular weight is 251 g/mol.